The van der Waals surface area contributed by atoms with Gasteiger partial charge >= 0.3 is 0 Å². The lowest BCUT2D eigenvalue weighted by molar-refractivity contribution is 0.949. The van der Waals surface area contributed by atoms with E-state index in [2.05, 4.69) is 27.3 Å². The Morgan fingerprint density at radius 3 is 2.29 bits per heavy atom. The predicted octanol–water partition coefficient (Wildman–Crippen LogP) is 5.39. The van der Waals surface area contributed by atoms with Crippen LogP contribution in [0.4, 0.5) is 17.2 Å². The molecular weight excluding hydrogens is 329 g/mol. The van der Waals surface area contributed by atoms with Crippen molar-refractivity contribution in [2.75, 3.05) is 23.3 Å². The lowest BCUT2D eigenvalue weighted by atomic mass is 10.2. The minimum Gasteiger partial charge on any atom is -0.372 e. The van der Waals surface area contributed by atoms with Crippen molar-refractivity contribution in [3.63, 3.8) is 0 Å². The van der Waals surface area contributed by atoms with Gasteiger partial charge in [-0.3, -0.25) is 0 Å². The van der Waals surface area contributed by atoms with E-state index < -0.39 is 0 Å². The number of nitrogens with one attached hydrogen (secondary N) is 1. The average molecular weight is 343 g/mol. The highest BCUT2D eigenvalue weighted by atomic mass is 35.5. The zero-order valence-corrected chi connectivity index (χ0v) is 13.5. The molecule has 0 spiro atoms. The zero-order chi connectivity index (χ0) is 14.8. The molecule has 3 nitrogen and oxygen atoms in total. The molecular formula is C15H14Cl3N3. The van der Waals surface area contributed by atoms with Crippen LogP contribution in [0.15, 0.2) is 30.3 Å². The van der Waals surface area contributed by atoms with E-state index in [9.17, 15) is 0 Å². The summed E-state index contributed by atoms with van der Waals surface area (Å²) in [6, 6.07) is 9.79. The Morgan fingerprint density at radius 1 is 0.952 bits per heavy atom. The van der Waals surface area contributed by atoms with Crippen LogP contribution >= 0.6 is 34.8 Å². The van der Waals surface area contributed by atoms with Crippen molar-refractivity contribution in [2.45, 2.75) is 12.8 Å². The number of nitrogens with zero attached hydrogens (tertiary/aromatic N) is 2. The topological polar surface area (TPSA) is 28.2 Å². The van der Waals surface area contributed by atoms with Crippen molar-refractivity contribution >= 4 is 52.0 Å². The van der Waals surface area contributed by atoms with E-state index in [0.717, 1.165) is 18.8 Å². The molecule has 0 aliphatic carbocycles. The monoisotopic (exact) mass is 341 g/mol. The van der Waals surface area contributed by atoms with Crippen LogP contribution in [-0.4, -0.2) is 18.1 Å². The van der Waals surface area contributed by atoms with E-state index in [1.165, 1.54) is 18.5 Å². The molecule has 6 heteroatoms. The standard InChI is InChI=1S/C15H14Cl3N3/c16-12-9-13(17)15(20-14(12)18)19-10-3-5-11(6-4-10)21-7-1-2-8-21/h3-6,9H,1-2,7-8H2,(H,19,20). The fourth-order valence-electron chi connectivity index (χ4n) is 2.40. The predicted molar refractivity (Wildman–Crippen MR) is 90.4 cm³/mol. The Hall–Kier alpha value is -1.16. The number of aromatic nitrogens is 1. The Kier molecular flexibility index (Phi) is 4.43. The van der Waals surface area contributed by atoms with Crippen LogP contribution in [0, 0.1) is 0 Å². The molecule has 1 aromatic heterocycles. The van der Waals surface area contributed by atoms with Crippen LogP contribution in [0.1, 0.15) is 12.8 Å². The first-order chi connectivity index (χ1) is 10.1. The molecule has 0 unspecified atom stereocenters. The van der Waals surface area contributed by atoms with Gasteiger partial charge in [0, 0.05) is 24.5 Å². The number of halogens is 3. The molecule has 1 N–H and O–H groups in total. The summed E-state index contributed by atoms with van der Waals surface area (Å²) in [5, 5.41) is 4.17. The second kappa shape index (κ2) is 6.30. The van der Waals surface area contributed by atoms with Gasteiger partial charge in [-0.1, -0.05) is 34.8 Å². The fraction of sp³-hybridized carbons (Fsp3) is 0.267. The highest BCUT2D eigenvalue weighted by Crippen LogP contribution is 2.31. The third-order valence-electron chi connectivity index (χ3n) is 3.49. The summed E-state index contributed by atoms with van der Waals surface area (Å²) in [7, 11) is 0. The Morgan fingerprint density at radius 2 is 1.62 bits per heavy atom. The van der Waals surface area contributed by atoms with Crippen LogP contribution < -0.4 is 10.2 Å². The van der Waals surface area contributed by atoms with Crippen molar-refractivity contribution in [3.05, 3.63) is 45.5 Å². The summed E-state index contributed by atoms with van der Waals surface area (Å²) in [4.78, 5) is 6.53. The van der Waals surface area contributed by atoms with Crippen LogP contribution in [-0.2, 0) is 0 Å². The molecule has 2 heterocycles. The molecule has 1 aromatic carbocycles. The Labute approximate surface area is 138 Å². The number of anilines is 3. The largest absolute Gasteiger partial charge is 0.372 e. The van der Waals surface area contributed by atoms with E-state index in [-0.39, 0.29) is 5.15 Å². The summed E-state index contributed by atoms with van der Waals surface area (Å²) in [5.74, 6) is 0.500. The van der Waals surface area contributed by atoms with E-state index in [0.29, 0.717) is 15.9 Å². The summed E-state index contributed by atoms with van der Waals surface area (Å²) < 4.78 is 0. The number of hydrogen-bond acceptors (Lipinski definition) is 3. The second-order valence-corrected chi connectivity index (χ2v) is 6.13. The number of hydrogen-bond donors (Lipinski definition) is 1. The minimum atomic E-state index is 0.234. The van der Waals surface area contributed by atoms with Crippen LogP contribution in [0.25, 0.3) is 0 Å². The first-order valence-electron chi connectivity index (χ1n) is 6.77. The van der Waals surface area contributed by atoms with Crippen molar-refractivity contribution in [2.24, 2.45) is 0 Å². The molecule has 0 amide bonds. The van der Waals surface area contributed by atoms with Crippen molar-refractivity contribution < 1.29 is 0 Å². The normalized spacial score (nSPS) is 14.5. The molecule has 2 aromatic rings. The van der Waals surface area contributed by atoms with Gasteiger partial charge in [-0.15, -0.1) is 0 Å². The Bertz CT molecular complexity index is 637. The molecule has 0 radical (unpaired) electrons. The quantitative estimate of drug-likeness (QED) is 0.758. The van der Waals surface area contributed by atoms with E-state index in [1.807, 2.05) is 12.1 Å². The third-order valence-corrected chi connectivity index (χ3v) is 4.45. The maximum atomic E-state index is 6.11. The van der Waals surface area contributed by atoms with Gasteiger partial charge in [-0.2, -0.15) is 0 Å². The average Bonchev–Trinajstić information content (AvgIpc) is 3.00. The summed E-state index contributed by atoms with van der Waals surface area (Å²) >= 11 is 17.9. The second-order valence-electron chi connectivity index (χ2n) is 4.96. The maximum Gasteiger partial charge on any atom is 0.151 e. The lowest BCUT2D eigenvalue weighted by Crippen LogP contribution is -2.17. The van der Waals surface area contributed by atoms with Gasteiger partial charge in [0.25, 0.3) is 0 Å². The molecule has 0 atom stereocenters. The van der Waals surface area contributed by atoms with Gasteiger partial charge in [0.15, 0.2) is 5.82 Å². The highest BCUT2D eigenvalue weighted by molar-refractivity contribution is 6.43. The van der Waals surface area contributed by atoms with Crippen LogP contribution in [0.3, 0.4) is 0 Å². The molecule has 1 saturated heterocycles. The molecule has 21 heavy (non-hydrogen) atoms. The van der Waals surface area contributed by atoms with E-state index in [4.69, 9.17) is 34.8 Å². The highest BCUT2D eigenvalue weighted by Gasteiger charge is 2.12. The molecule has 1 aliphatic rings. The zero-order valence-electron chi connectivity index (χ0n) is 11.2. The van der Waals surface area contributed by atoms with Crippen LogP contribution in [0.5, 0.6) is 0 Å². The van der Waals surface area contributed by atoms with Gasteiger partial charge in [-0.05, 0) is 43.2 Å². The van der Waals surface area contributed by atoms with E-state index in [1.54, 1.807) is 6.07 Å². The first-order valence-corrected chi connectivity index (χ1v) is 7.90. The number of rotatable bonds is 3. The molecule has 3 rings (SSSR count). The van der Waals surface area contributed by atoms with Crippen LogP contribution in [0.2, 0.25) is 15.2 Å². The summed E-state index contributed by atoms with van der Waals surface area (Å²) in [5.41, 5.74) is 2.15. The van der Waals surface area contributed by atoms with Gasteiger partial charge in [0.05, 0.1) is 10.0 Å². The summed E-state index contributed by atoms with van der Waals surface area (Å²) in [6.07, 6.45) is 2.53. The smallest absolute Gasteiger partial charge is 0.151 e. The molecule has 0 bridgehead atoms. The molecule has 110 valence electrons. The van der Waals surface area contributed by atoms with Gasteiger partial charge in [0.1, 0.15) is 5.15 Å². The first kappa shape index (κ1) is 14.8. The maximum absolute atomic E-state index is 6.11. The third kappa shape index (κ3) is 3.37. The SMILES string of the molecule is Clc1cc(Cl)c(Nc2ccc(N3CCCC3)cc2)nc1Cl. The molecule has 0 saturated carbocycles. The van der Waals surface area contributed by atoms with Gasteiger partial charge in [0.2, 0.25) is 0 Å². The van der Waals surface area contributed by atoms with Crippen molar-refractivity contribution in [3.8, 4) is 0 Å². The minimum absolute atomic E-state index is 0.234. The fourth-order valence-corrected chi connectivity index (χ4v) is 2.94. The van der Waals surface area contributed by atoms with Gasteiger partial charge in [-0.25, -0.2) is 4.98 Å². The lowest BCUT2D eigenvalue weighted by Gasteiger charge is -2.18. The molecule has 1 fully saturated rings. The Balaban J connectivity index is 1.77. The number of pyridine rings is 1. The van der Waals surface area contributed by atoms with Crippen molar-refractivity contribution in [1.82, 2.24) is 4.98 Å². The van der Waals surface area contributed by atoms with Crippen molar-refractivity contribution in [1.29, 1.82) is 0 Å². The molecule has 1 aliphatic heterocycles. The van der Waals surface area contributed by atoms with E-state index >= 15 is 0 Å². The van der Waals surface area contributed by atoms with Gasteiger partial charge < -0.3 is 10.2 Å². The summed E-state index contributed by atoms with van der Waals surface area (Å²) in [6.45, 7) is 2.26. The number of benzene rings is 1.